The maximum atomic E-state index is 15.3. The van der Waals surface area contributed by atoms with Gasteiger partial charge < -0.3 is 0 Å². The van der Waals surface area contributed by atoms with Crippen LogP contribution in [0.2, 0.25) is 0 Å². The summed E-state index contributed by atoms with van der Waals surface area (Å²) in [7, 11) is 0. The van der Waals surface area contributed by atoms with Crippen LogP contribution in [0, 0.1) is 47.3 Å². The van der Waals surface area contributed by atoms with Gasteiger partial charge in [-0.1, -0.05) is 58.8 Å². The van der Waals surface area contributed by atoms with Gasteiger partial charge in [0.2, 0.25) is 0 Å². The van der Waals surface area contributed by atoms with Gasteiger partial charge >= 0.3 is 0 Å². The fraction of sp³-hybridized carbons (Fsp3) is 1.00. The number of hydrogen-bond donors (Lipinski definition) is 0. The van der Waals surface area contributed by atoms with Crippen LogP contribution in [0.5, 0.6) is 0 Å². The summed E-state index contributed by atoms with van der Waals surface area (Å²) in [5.74, 6) is 1.78. The molecule has 0 heterocycles. The molecule has 0 spiro atoms. The van der Waals surface area contributed by atoms with Gasteiger partial charge in [0.15, 0.2) is 0 Å². The lowest BCUT2D eigenvalue weighted by Gasteiger charge is -2.44. The molecular weight excluding hydrogens is 436 g/mol. The molecule has 4 heteroatoms. The summed E-state index contributed by atoms with van der Waals surface area (Å²) >= 11 is 0. The van der Waals surface area contributed by atoms with E-state index in [0.717, 1.165) is 95.8 Å². The molecule has 4 aliphatic carbocycles. The van der Waals surface area contributed by atoms with E-state index in [1.54, 1.807) is 0 Å². The van der Waals surface area contributed by atoms with Gasteiger partial charge in [-0.05, 0) is 105 Å². The molecule has 34 heavy (non-hydrogen) atoms. The Hall–Kier alpha value is -0.280. The van der Waals surface area contributed by atoms with Crippen LogP contribution in [0.25, 0.3) is 0 Å². The zero-order chi connectivity index (χ0) is 24.2. The van der Waals surface area contributed by atoms with Gasteiger partial charge in [0.25, 0.3) is 0 Å². The van der Waals surface area contributed by atoms with Crippen molar-refractivity contribution in [1.82, 2.24) is 0 Å². The van der Waals surface area contributed by atoms with E-state index >= 15 is 8.78 Å². The Balaban J connectivity index is 1.16. The lowest BCUT2D eigenvalue weighted by atomic mass is 9.63. The fourth-order valence-electron chi connectivity index (χ4n) is 8.45. The molecule has 0 aliphatic heterocycles. The van der Waals surface area contributed by atoms with Crippen molar-refractivity contribution in [3.63, 3.8) is 0 Å². The third-order valence-electron chi connectivity index (χ3n) is 10.9. The van der Waals surface area contributed by atoms with Crippen molar-refractivity contribution in [3.05, 3.63) is 0 Å². The molecule has 0 nitrogen and oxygen atoms in total. The van der Waals surface area contributed by atoms with Crippen LogP contribution in [0.3, 0.4) is 0 Å². The highest BCUT2D eigenvalue weighted by Crippen LogP contribution is 2.48. The number of hydrogen-bond acceptors (Lipinski definition) is 0. The number of halogens is 4. The van der Waals surface area contributed by atoms with Gasteiger partial charge in [0.05, 0.1) is 0 Å². The van der Waals surface area contributed by atoms with E-state index in [2.05, 4.69) is 6.92 Å². The molecule has 4 rings (SSSR count). The maximum absolute atomic E-state index is 15.3. The van der Waals surface area contributed by atoms with Crippen LogP contribution in [0.1, 0.15) is 117 Å². The van der Waals surface area contributed by atoms with Crippen molar-refractivity contribution in [2.75, 3.05) is 0 Å². The molecule has 198 valence electrons. The van der Waals surface area contributed by atoms with Gasteiger partial charge in [-0.2, -0.15) is 0 Å². The van der Waals surface area contributed by atoms with Crippen molar-refractivity contribution < 1.29 is 17.6 Å². The highest BCUT2D eigenvalue weighted by Gasteiger charge is 2.46. The maximum Gasteiger partial charge on any atom is 0.134 e. The summed E-state index contributed by atoms with van der Waals surface area (Å²) in [4.78, 5) is 0. The minimum Gasteiger partial charge on any atom is -0.244 e. The first-order chi connectivity index (χ1) is 16.4. The lowest BCUT2D eigenvalue weighted by molar-refractivity contribution is -0.0366. The molecule has 0 aromatic rings. The van der Waals surface area contributed by atoms with Crippen molar-refractivity contribution in [1.29, 1.82) is 0 Å². The Morgan fingerprint density at radius 1 is 0.529 bits per heavy atom. The van der Waals surface area contributed by atoms with Gasteiger partial charge in [-0.25, -0.2) is 17.6 Å². The van der Waals surface area contributed by atoms with Crippen molar-refractivity contribution >= 4 is 0 Å². The zero-order valence-corrected chi connectivity index (χ0v) is 21.8. The normalized spacial score (nSPS) is 48.5. The Morgan fingerprint density at radius 2 is 1.03 bits per heavy atom. The van der Waals surface area contributed by atoms with Crippen LogP contribution in [-0.2, 0) is 0 Å². The van der Waals surface area contributed by atoms with E-state index in [4.69, 9.17) is 0 Å². The molecule has 0 saturated heterocycles. The predicted octanol–water partition coefficient (Wildman–Crippen LogP) is 9.60. The Morgan fingerprint density at radius 3 is 1.59 bits per heavy atom. The molecule has 0 radical (unpaired) electrons. The average Bonchev–Trinajstić information content (AvgIpc) is 2.85. The Bertz CT molecular complexity index is 595. The SMILES string of the molecule is CCC1CCC(CCCC2CCC(C3CCC(C4CCC(C)CC4)C(F)C3F)CC2)C(F)C1F. The minimum atomic E-state index is -1.28. The third-order valence-corrected chi connectivity index (χ3v) is 10.9. The summed E-state index contributed by atoms with van der Waals surface area (Å²) in [6.07, 6.45) is 10.7. The topological polar surface area (TPSA) is 0 Å². The van der Waals surface area contributed by atoms with Crippen LogP contribution < -0.4 is 0 Å². The zero-order valence-electron chi connectivity index (χ0n) is 21.8. The molecule has 4 fully saturated rings. The fourth-order valence-corrected chi connectivity index (χ4v) is 8.45. The molecule has 8 atom stereocenters. The summed E-state index contributed by atoms with van der Waals surface area (Å²) in [6, 6.07) is 0. The quantitative estimate of drug-likeness (QED) is 0.314. The third kappa shape index (κ3) is 6.16. The second kappa shape index (κ2) is 12.3. The lowest BCUT2D eigenvalue weighted by Crippen LogP contribution is -2.45. The first-order valence-electron chi connectivity index (χ1n) is 14.9. The van der Waals surface area contributed by atoms with E-state index in [-0.39, 0.29) is 23.7 Å². The van der Waals surface area contributed by atoms with Gasteiger partial charge in [-0.3, -0.25) is 0 Å². The van der Waals surface area contributed by atoms with Crippen molar-refractivity contribution in [2.24, 2.45) is 47.3 Å². The molecule has 0 bridgehead atoms. The Kier molecular flexibility index (Phi) is 9.69. The van der Waals surface area contributed by atoms with Gasteiger partial charge in [0, 0.05) is 0 Å². The number of alkyl halides is 4. The van der Waals surface area contributed by atoms with Crippen LogP contribution in [0.4, 0.5) is 17.6 Å². The first kappa shape index (κ1) is 26.8. The molecule has 4 aliphatic rings. The molecule has 8 unspecified atom stereocenters. The molecule has 4 saturated carbocycles. The smallest absolute Gasteiger partial charge is 0.134 e. The largest absolute Gasteiger partial charge is 0.244 e. The average molecular weight is 487 g/mol. The summed E-state index contributed by atoms with van der Waals surface area (Å²) in [6.45, 7) is 4.24. The van der Waals surface area contributed by atoms with E-state index < -0.39 is 24.7 Å². The highest BCUT2D eigenvalue weighted by atomic mass is 19.2. The summed E-state index contributed by atoms with van der Waals surface area (Å²) in [5, 5.41) is 0. The van der Waals surface area contributed by atoms with Crippen LogP contribution in [-0.4, -0.2) is 24.7 Å². The molecule has 0 aromatic carbocycles. The van der Waals surface area contributed by atoms with Crippen molar-refractivity contribution in [3.8, 4) is 0 Å². The van der Waals surface area contributed by atoms with E-state index in [9.17, 15) is 8.78 Å². The Labute approximate surface area is 206 Å². The van der Waals surface area contributed by atoms with Crippen LogP contribution >= 0.6 is 0 Å². The minimum absolute atomic E-state index is 0.0502. The molecule has 0 amide bonds. The standard InChI is InChI=1S/C30H50F4/c1-3-21-15-16-24(28(32)27(21)31)6-4-5-20-9-13-23(14-10-20)26-18-17-25(29(33)30(26)34)22-11-7-19(2)8-12-22/h19-30H,3-18H2,1-2H3. The van der Waals surface area contributed by atoms with E-state index in [0.29, 0.717) is 17.8 Å². The molecular formula is C30H50F4. The monoisotopic (exact) mass is 486 g/mol. The van der Waals surface area contributed by atoms with Crippen LogP contribution in [0.15, 0.2) is 0 Å². The summed E-state index contributed by atoms with van der Waals surface area (Å²) in [5.41, 5.74) is 0. The predicted molar refractivity (Wildman–Crippen MR) is 133 cm³/mol. The molecule has 0 aromatic heterocycles. The second-order valence-corrected chi connectivity index (χ2v) is 12.9. The van der Waals surface area contributed by atoms with Gasteiger partial charge in [0.1, 0.15) is 24.7 Å². The number of rotatable bonds is 7. The summed E-state index contributed by atoms with van der Waals surface area (Å²) < 4.78 is 59.3. The molecule has 0 N–H and O–H groups in total. The van der Waals surface area contributed by atoms with Crippen molar-refractivity contribution in [2.45, 2.75) is 141 Å². The van der Waals surface area contributed by atoms with E-state index in [1.807, 2.05) is 6.92 Å². The van der Waals surface area contributed by atoms with Gasteiger partial charge in [-0.15, -0.1) is 0 Å². The highest BCUT2D eigenvalue weighted by molar-refractivity contribution is 4.95. The first-order valence-corrected chi connectivity index (χ1v) is 14.9. The second-order valence-electron chi connectivity index (χ2n) is 12.9. The van der Waals surface area contributed by atoms with E-state index in [1.165, 1.54) is 12.8 Å².